The first kappa shape index (κ1) is 22.7. The molecule has 8 heteroatoms. The molecule has 1 atom stereocenters. The molecule has 4 rings (SSSR count). The van der Waals surface area contributed by atoms with Crippen molar-refractivity contribution in [2.75, 3.05) is 48.0 Å². The number of hydrogen-bond acceptors (Lipinski definition) is 7. The first-order chi connectivity index (χ1) is 15.9. The van der Waals surface area contributed by atoms with Gasteiger partial charge in [-0.05, 0) is 43.9 Å². The molecule has 0 radical (unpaired) electrons. The summed E-state index contributed by atoms with van der Waals surface area (Å²) >= 11 is 0. The average Bonchev–Trinajstić information content (AvgIpc) is 3.38. The maximum absolute atomic E-state index is 13.2. The Labute approximate surface area is 193 Å². The zero-order chi connectivity index (χ0) is 23.7. The minimum Gasteiger partial charge on any atom is -0.507 e. The summed E-state index contributed by atoms with van der Waals surface area (Å²) in [5.41, 5.74) is 2.03. The number of likely N-dealkylation sites (tertiary alicyclic amines) is 1. The Hall–Kier alpha value is -3.52. The summed E-state index contributed by atoms with van der Waals surface area (Å²) in [4.78, 5) is 29.8. The number of methoxy groups -OCH3 is 2. The minimum atomic E-state index is -0.820. The second-order valence-electron chi connectivity index (χ2n) is 8.30. The fourth-order valence-electron chi connectivity index (χ4n) is 4.36. The van der Waals surface area contributed by atoms with Crippen molar-refractivity contribution in [2.45, 2.75) is 12.5 Å². The van der Waals surface area contributed by atoms with Gasteiger partial charge in [-0.2, -0.15) is 0 Å². The van der Waals surface area contributed by atoms with Crippen molar-refractivity contribution in [3.05, 3.63) is 58.7 Å². The van der Waals surface area contributed by atoms with E-state index in [1.54, 1.807) is 30.3 Å². The normalized spacial score (nSPS) is 19.1. The van der Waals surface area contributed by atoms with E-state index in [9.17, 15) is 14.7 Å². The Kier molecular flexibility index (Phi) is 6.29. The highest BCUT2D eigenvalue weighted by atomic mass is 16.5. The van der Waals surface area contributed by atoms with Gasteiger partial charge in [0.15, 0.2) is 11.5 Å². The van der Waals surface area contributed by atoms with E-state index < -0.39 is 17.7 Å². The second kappa shape index (κ2) is 9.15. The van der Waals surface area contributed by atoms with Crippen LogP contribution in [0.1, 0.15) is 22.7 Å². The summed E-state index contributed by atoms with van der Waals surface area (Å²) in [6.07, 6.45) is 0.723. The number of ketones is 1. The molecule has 1 amide bonds. The van der Waals surface area contributed by atoms with Crippen LogP contribution in [0.5, 0.6) is 17.2 Å². The molecule has 1 fully saturated rings. The molecule has 0 bridgehead atoms. The van der Waals surface area contributed by atoms with Gasteiger partial charge in [-0.1, -0.05) is 12.1 Å². The zero-order valence-electron chi connectivity index (χ0n) is 19.3. The van der Waals surface area contributed by atoms with E-state index >= 15 is 0 Å². The third-order valence-electron chi connectivity index (χ3n) is 6.02. The Bertz CT molecular complexity index is 1120. The lowest BCUT2D eigenvalue weighted by Crippen LogP contribution is -2.35. The lowest BCUT2D eigenvalue weighted by atomic mass is 9.93. The molecule has 2 heterocycles. The second-order valence-corrected chi connectivity index (χ2v) is 8.30. The number of amides is 1. The molecule has 8 nitrogen and oxygen atoms in total. The van der Waals surface area contributed by atoms with Crippen molar-refractivity contribution < 1.29 is 28.9 Å². The van der Waals surface area contributed by atoms with Gasteiger partial charge in [0.1, 0.15) is 11.5 Å². The van der Waals surface area contributed by atoms with Crippen LogP contribution >= 0.6 is 0 Å². The van der Waals surface area contributed by atoms with Crippen molar-refractivity contribution in [3.8, 4) is 17.2 Å². The Morgan fingerprint density at radius 1 is 1.18 bits per heavy atom. The quantitative estimate of drug-likeness (QED) is 0.392. The van der Waals surface area contributed by atoms with Crippen LogP contribution in [0.2, 0.25) is 0 Å². The number of para-hydroxylation sites is 1. The fourth-order valence-corrected chi connectivity index (χ4v) is 4.36. The van der Waals surface area contributed by atoms with E-state index in [4.69, 9.17) is 14.2 Å². The summed E-state index contributed by atoms with van der Waals surface area (Å²) in [7, 11) is 6.82. The third kappa shape index (κ3) is 4.02. The van der Waals surface area contributed by atoms with Gasteiger partial charge >= 0.3 is 0 Å². The molecule has 1 saturated heterocycles. The highest BCUT2D eigenvalue weighted by Crippen LogP contribution is 2.45. The third-order valence-corrected chi connectivity index (χ3v) is 6.02. The number of fused-ring (bicyclic) bond motifs is 1. The number of benzene rings is 2. The molecule has 1 N–H and O–H groups in total. The predicted molar refractivity (Wildman–Crippen MR) is 123 cm³/mol. The first-order valence-electron chi connectivity index (χ1n) is 10.8. The number of hydrogen-bond donors (Lipinski definition) is 1. The Morgan fingerprint density at radius 3 is 2.67 bits per heavy atom. The average molecular weight is 453 g/mol. The van der Waals surface area contributed by atoms with Crippen LogP contribution in [0.4, 0.5) is 0 Å². The highest BCUT2D eigenvalue weighted by molar-refractivity contribution is 6.46. The molecule has 174 valence electrons. The van der Waals surface area contributed by atoms with Crippen molar-refractivity contribution in [1.82, 2.24) is 9.80 Å². The molecule has 2 aromatic carbocycles. The van der Waals surface area contributed by atoms with E-state index in [2.05, 4.69) is 0 Å². The maximum Gasteiger partial charge on any atom is 0.295 e. The van der Waals surface area contributed by atoms with E-state index in [1.807, 2.05) is 25.1 Å². The van der Waals surface area contributed by atoms with Crippen molar-refractivity contribution in [3.63, 3.8) is 0 Å². The van der Waals surface area contributed by atoms with E-state index in [0.717, 1.165) is 17.7 Å². The number of aliphatic hydroxyl groups is 1. The lowest BCUT2D eigenvalue weighted by Gasteiger charge is -2.28. The molecule has 2 aliphatic rings. The molecule has 33 heavy (non-hydrogen) atoms. The monoisotopic (exact) mass is 452 g/mol. The van der Waals surface area contributed by atoms with Gasteiger partial charge in [0.05, 0.1) is 32.4 Å². The largest absolute Gasteiger partial charge is 0.507 e. The number of aliphatic hydroxyl groups excluding tert-OH is 1. The summed E-state index contributed by atoms with van der Waals surface area (Å²) in [6.45, 7) is 1.43. The maximum atomic E-state index is 13.2. The van der Waals surface area contributed by atoms with Crippen LogP contribution in [0.3, 0.4) is 0 Å². The SMILES string of the molecule is COc1cccc(C2/C(=C(\O)c3ccc4c(c3)CCO4)C(=O)C(=O)N2CCN(C)C)c1OC. The number of carbonyl (C=O) groups is 2. The van der Waals surface area contributed by atoms with Crippen molar-refractivity contribution in [1.29, 1.82) is 0 Å². The molecule has 0 saturated carbocycles. The van der Waals surface area contributed by atoms with Gasteiger partial charge in [-0.25, -0.2) is 0 Å². The molecule has 2 aliphatic heterocycles. The molecule has 0 aromatic heterocycles. The van der Waals surface area contributed by atoms with Crippen molar-refractivity contribution >= 4 is 17.4 Å². The summed E-state index contributed by atoms with van der Waals surface area (Å²) in [5, 5.41) is 11.3. The van der Waals surface area contributed by atoms with E-state index in [0.29, 0.717) is 42.3 Å². The van der Waals surface area contributed by atoms with Crippen LogP contribution in [0.25, 0.3) is 5.76 Å². The van der Waals surface area contributed by atoms with Crippen LogP contribution in [-0.2, 0) is 16.0 Å². The Balaban J connectivity index is 1.90. The van der Waals surface area contributed by atoms with Crippen molar-refractivity contribution in [2.24, 2.45) is 0 Å². The fraction of sp³-hybridized carbons (Fsp3) is 0.360. The molecule has 2 aromatic rings. The number of rotatable bonds is 7. The number of carbonyl (C=O) groups excluding carboxylic acids is 2. The molecule has 0 aliphatic carbocycles. The van der Waals surface area contributed by atoms with Crippen LogP contribution in [-0.4, -0.2) is 74.6 Å². The molecule has 1 unspecified atom stereocenters. The number of ether oxygens (including phenoxy) is 3. The van der Waals surface area contributed by atoms with Gasteiger partial charge < -0.3 is 29.1 Å². The summed E-state index contributed by atoms with van der Waals surface area (Å²) in [5.74, 6) is 0.0582. The van der Waals surface area contributed by atoms with Crippen LogP contribution in [0, 0.1) is 0 Å². The highest BCUT2D eigenvalue weighted by Gasteiger charge is 2.47. The minimum absolute atomic E-state index is 0.0316. The molecular formula is C25H28N2O6. The van der Waals surface area contributed by atoms with E-state index in [-0.39, 0.29) is 11.3 Å². The van der Waals surface area contributed by atoms with Gasteiger partial charge in [-0.3, -0.25) is 9.59 Å². The van der Waals surface area contributed by atoms with Gasteiger partial charge in [-0.15, -0.1) is 0 Å². The topological polar surface area (TPSA) is 88.5 Å². The molecule has 0 spiro atoms. The number of Topliss-reactive ketones (excluding diaryl/α,β-unsaturated/α-hetero) is 1. The van der Waals surface area contributed by atoms with Gasteiger partial charge in [0.25, 0.3) is 11.7 Å². The smallest absolute Gasteiger partial charge is 0.295 e. The van der Waals surface area contributed by atoms with Crippen LogP contribution in [0.15, 0.2) is 42.0 Å². The lowest BCUT2D eigenvalue weighted by molar-refractivity contribution is -0.140. The summed E-state index contributed by atoms with van der Waals surface area (Å²) in [6, 6.07) is 9.77. The van der Waals surface area contributed by atoms with Crippen LogP contribution < -0.4 is 14.2 Å². The van der Waals surface area contributed by atoms with Gasteiger partial charge in [0, 0.05) is 30.6 Å². The zero-order valence-corrected chi connectivity index (χ0v) is 19.3. The first-order valence-corrected chi connectivity index (χ1v) is 10.8. The Morgan fingerprint density at radius 2 is 1.97 bits per heavy atom. The predicted octanol–water partition coefficient (Wildman–Crippen LogP) is 2.62. The summed E-state index contributed by atoms with van der Waals surface area (Å²) < 4.78 is 16.6. The number of likely N-dealkylation sites (N-methyl/N-ethyl adjacent to an activating group) is 1. The number of nitrogens with zero attached hydrogens (tertiary/aromatic N) is 2. The van der Waals surface area contributed by atoms with Gasteiger partial charge in [0.2, 0.25) is 0 Å². The standard InChI is InChI=1S/C25H28N2O6/c1-26(2)11-12-27-21(17-6-5-7-19(31-3)24(17)32-4)20(23(29)25(27)30)22(28)16-8-9-18-15(14-16)10-13-33-18/h5-9,14,21,28H,10-13H2,1-4H3/b22-20+. The molecular weight excluding hydrogens is 424 g/mol. The van der Waals surface area contributed by atoms with E-state index in [1.165, 1.54) is 19.1 Å².